The van der Waals surface area contributed by atoms with Crippen LogP contribution in [0, 0.1) is 12.8 Å². The van der Waals surface area contributed by atoms with Crippen LogP contribution in [-0.2, 0) is 25.2 Å². The van der Waals surface area contributed by atoms with E-state index >= 15 is 0 Å². The van der Waals surface area contributed by atoms with Gasteiger partial charge in [0.1, 0.15) is 0 Å². The third-order valence-electron chi connectivity index (χ3n) is 0.588. The van der Waals surface area contributed by atoms with E-state index in [9.17, 15) is 4.79 Å². The van der Waals surface area contributed by atoms with Gasteiger partial charge in [-0.3, -0.25) is 4.79 Å². The molecule has 72 valence electrons. The van der Waals surface area contributed by atoms with Crippen molar-refractivity contribution in [3.8, 4) is 12.8 Å². The van der Waals surface area contributed by atoms with Crippen LogP contribution in [0.25, 0.3) is 0 Å². The van der Waals surface area contributed by atoms with Crippen molar-refractivity contribution in [2.75, 3.05) is 0 Å². The maximum Gasteiger partial charge on any atom is 0.152 e. The van der Waals surface area contributed by atoms with Gasteiger partial charge >= 0.3 is 0 Å². The standard InChI is InChI=1S/C6H10O.C2H4.C2H2.Pd/c1-3-4-5-6(2)7;2*1-2;/h4-5H,3H2,1-2H3;1-2H2;1-2H;/b5-4+;;;. The van der Waals surface area contributed by atoms with Crippen LogP contribution in [0.1, 0.15) is 20.3 Å². The Labute approximate surface area is 89.6 Å². The van der Waals surface area contributed by atoms with E-state index in [0.29, 0.717) is 0 Å². The molecule has 0 aromatic heterocycles. The maximum atomic E-state index is 10.1. The largest absolute Gasteiger partial charge is 0.295 e. The summed E-state index contributed by atoms with van der Waals surface area (Å²) in [5.74, 6) is 0.127. The molecule has 0 rings (SSSR count). The molecule has 0 bridgehead atoms. The van der Waals surface area contributed by atoms with Crippen molar-refractivity contribution >= 4 is 5.78 Å². The van der Waals surface area contributed by atoms with Crippen LogP contribution < -0.4 is 0 Å². The van der Waals surface area contributed by atoms with E-state index in [1.54, 1.807) is 13.0 Å². The molecule has 0 spiro atoms. The van der Waals surface area contributed by atoms with Gasteiger partial charge in [0.15, 0.2) is 5.78 Å². The zero-order valence-electron chi connectivity index (χ0n) is 7.66. The van der Waals surface area contributed by atoms with Gasteiger partial charge in [-0.2, -0.15) is 0 Å². The summed E-state index contributed by atoms with van der Waals surface area (Å²) in [5.41, 5.74) is 0. The van der Waals surface area contributed by atoms with Crippen LogP contribution in [0.15, 0.2) is 25.3 Å². The zero-order valence-corrected chi connectivity index (χ0v) is 9.21. The summed E-state index contributed by atoms with van der Waals surface area (Å²) in [6.07, 6.45) is 12.4. The summed E-state index contributed by atoms with van der Waals surface area (Å²) in [5, 5.41) is 0. The second-order valence-electron chi connectivity index (χ2n) is 1.42. The number of hydrogen-bond acceptors (Lipinski definition) is 1. The van der Waals surface area contributed by atoms with Crippen molar-refractivity contribution in [3.63, 3.8) is 0 Å². The summed E-state index contributed by atoms with van der Waals surface area (Å²) in [7, 11) is 0. The van der Waals surface area contributed by atoms with Crippen LogP contribution in [-0.4, -0.2) is 5.78 Å². The molecular weight excluding hydrogens is 243 g/mol. The van der Waals surface area contributed by atoms with Crippen LogP contribution in [0.3, 0.4) is 0 Å². The number of ketones is 1. The number of carbonyl (C=O) groups is 1. The normalized spacial score (nSPS) is 6.33. The van der Waals surface area contributed by atoms with E-state index in [-0.39, 0.29) is 26.2 Å². The quantitative estimate of drug-likeness (QED) is 0.322. The van der Waals surface area contributed by atoms with Crippen molar-refractivity contribution in [1.82, 2.24) is 0 Å². The summed E-state index contributed by atoms with van der Waals surface area (Å²) in [6.45, 7) is 9.55. The van der Waals surface area contributed by atoms with Gasteiger partial charge in [0.25, 0.3) is 0 Å². The van der Waals surface area contributed by atoms with Gasteiger partial charge in [-0.15, -0.1) is 26.0 Å². The number of carbonyl (C=O) groups excluding carboxylic acids is 1. The first-order valence-electron chi connectivity index (χ1n) is 3.27. The van der Waals surface area contributed by atoms with Crippen LogP contribution in [0.5, 0.6) is 0 Å². The van der Waals surface area contributed by atoms with Crippen molar-refractivity contribution in [3.05, 3.63) is 25.3 Å². The van der Waals surface area contributed by atoms with E-state index < -0.39 is 0 Å². The summed E-state index contributed by atoms with van der Waals surface area (Å²) < 4.78 is 0. The predicted molar refractivity (Wildman–Crippen MR) is 51.3 cm³/mol. The van der Waals surface area contributed by atoms with Crippen molar-refractivity contribution in [1.29, 1.82) is 0 Å². The number of terminal acetylenes is 1. The second kappa shape index (κ2) is 31.6. The van der Waals surface area contributed by atoms with Crippen LogP contribution in [0.4, 0.5) is 0 Å². The van der Waals surface area contributed by atoms with Gasteiger partial charge in [-0.1, -0.05) is 13.0 Å². The molecule has 1 nitrogen and oxygen atoms in total. The summed E-state index contributed by atoms with van der Waals surface area (Å²) >= 11 is 0. The first-order valence-corrected chi connectivity index (χ1v) is 3.27. The number of hydrogen-bond donors (Lipinski definition) is 0. The molecule has 0 atom stereocenters. The van der Waals surface area contributed by atoms with Crippen molar-refractivity contribution in [2.24, 2.45) is 0 Å². The smallest absolute Gasteiger partial charge is 0.152 e. The van der Waals surface area contributed by atoms with E-state index in [2.05, 4.69) is 26.0 Å². The van der Waals surface area contributed by atoms with Gasteiger partial charge in [0.2, 0.25) is 0 Å². The van der Waals surface area contributed by atoms with Crippen molar-refractivity contribution in [2.45, 2.75) is 20.3 Å². The monoisotopic (exact) mass is 258 g/mol. The van der Waals surface area contributed by atoms with E-state index in [0.717, 1.165) is 6.42 Å². The molecule has 0 heterocycles. The molecule has 2 heteroatoms. The Kier molecular flexibility index (Phi) is 59.2. The first-order chi connectivity index (χ1) is 5.27. The van der Waals surface area contributed by atoms with E-state index in [1.807, 2.05) is 13.0 Å². The van der Waals surface area contributed by atoms with Gasteiger partial charge in [-0.25, -0.2) is 0 Å². The van der Waals surface area contributed by atoms with E-state index in [1.165, 1.54) is 0 Å². The van der Waals surface area contributed by atoms with Gasteiger partial charge in [-0.05, 0) is 19.4 Å². The Morgan fingerprint density at radius 3 is 1.83 bits per heavy atom. The third kappa shape index (κ3) is 57.8. The average molecular weight is 259 g/mol. The van der Waals surface area contributed by atoms with E-state index in [4.69, 9.17) is 0 Å². The minimum Gasteiger partial charge on any atom is -0.295 e. The molecule has 0 aromatic rings. The fourth-order valence-corrected chi connectivity index (χ4v) is 0.284. The molecule has 0 amide bonds. The molecule has 0 fully saturated rings. The first kappa shape index (κ1) is 22.5. The topological polar surface area (TPSA) is 17.1 Å². The fraction of sp³-hybridized carbons (Fsp3) is 0.300. The summed E-state index contributed by atoms with van der Waals surface area (Å²) in [4.78, 5) is 10.1. The Morgan fingerprint density at radius 2 is 1.75 bits per heavy atom. The molecule has 0 aliphatic heterocycles. The third-order valence-corrected chi connectivity index (χ3v) is 0.588. The SMILES string of the molecule is C#C.C=C.CC/C=C/C(C)=O.[Pd]. The fourth-order valence-electron chi connectivity index (χ4n) is 0.284. The Morgan fingerprint density at radius 1 is 1.42 bits per heavy atom. The molecule has 0 saturated heterocycles. The van der Waals surface area contributed by atoms with Gasteiger partial charge in [0.05, 0.1) is 0 Å². The Balaban J connectivity index is -0.0000000560. The number of allylic oxidation sites excluding steroid dienone is 2. The van der Waals surface area contributed by atoms with Crippen LogP contribution in [0.2, 0.25) is 0 Å². The molecule has 0 N–H and O–H groups in total. The molecule has 0 unspecified atom stereocenters. The minimum atomic E-state index is 0. The zero-order chi connectivity index (χ0) is 9.70. The second-order valence-corrected chi connectivity index (χ2v) is 1.42. The molecule has 12 heavy (non-hydrogen) atoms. The Bertz CT molecular complexity index is 125. The van der Waals surface area contributed by atoms with Gasteiger partial charge in [0, 0.05) is 20.4 Å². The minimum absolute atomic E-state index is 0. The summed E-state index contributed by atoms with van der Waals surface area (Å²) in [6, 6.07) is 0. The average Bonchev–Trinajstić information content (AvgIpc) is 2.08. The maximum absolute atomic E-state index is 10.1. The Hall–Kier alpha value is -0.628. The van der Waals surface area contributed by atoms with Gasteiger partial charge < -0.3 is 0 Å². The molecular formula is C10H16OPd. The van der Waals surface area contributed by atoms with Crippen molar-refractivity contribution < 1.29 is 25.2 Å². The molecule has 0 radical (unpaired) electrons. The molecule has 0 aliphatic carbocycles. The predicted octanol–water partition coefficient (Wildman–Crippen LogP) is 2.59. The molecule has 0 aliphatic rings. The molecule has 0 aromatic carbocycles. The number of rotatable bonds is 2. The van der Waals surface area contributed by atoms with Crippen LogP contribution >= 0.6 is 0 Å². The molecule has 0 saturated carbocycles.